The van der Waals surface area contributed by atoms with E-state index >= 15 is 0 Å². The first-order chi connectivity index (χ1) is 13.1. The van der Waals surface area contributed by atoms with Gasteiger partial charge in [-0.1, -0.05) is 12.1 Å². The molecular formula is C20H23ClFN3O3. The quantitative estimate of drug-likeness (QED) is 0.797. The molecule has 3 N–H and O–H groups in total. The molecule has 0 unspecified atom stereocenters. The van der Waals surface area contributed by atoms with Crippen LogP contribution in [0.4, 0.5) is 4.39 Å². The molecular weight excluding hydrogens is 385 g/mol. The van der Waals surface area contributed by atoms with E-state index in [1.54, 1.807) is 0 Å². The average molecular weight is 408 g/mol. The Kier molecular flexibility index (Phi) is 7.78. The monoisotopic (exact) mass is 407 g/mol. The molecule has 1 aliphatic rings. The molecule has 2 amide bonds. The summed E-state index contributed by atoms with van der Waals surface area (Å²) in [7, 11) is 0. The molecule has 8 heteroatoms. The summed E-state index contributed by atoms with van der Waals surface area (Å²) in [6.45, 7) is 1.54. The largest absolute Gasteiger partial charge is 0.457 e. The fourth-order valence-corrected chi connectivity index (χ4v) is 2.90. The minimum Gasteiger partial charge on any atom is -0.457 e. The highest BCUT2D eigenvalue weighted by molar-refractivity contribution is 5.95. The topological polar surface area (TPSA) is 84.7 Å². The van der Waals surface area contributed by atoms with Crippen molar-refractivity contribution in [2.45, 2.75) is 12.8 Å². The summed E-state index contributed by atoms with van der Waals surface area (Å²) in [6, 6.07) is 11.5. The molecule has 0 saturated carbocycles. The van der Waals surface area contributed by atoms with Crippen molar-refractivity contribution in [2.75, 3.05) is 26.2 Å². The molecule has 2 aromatic carbocycles. The molecule has 1 heterocycles. The van der Waals surface area contributed by atoms with Crippen molar-refractivity contribution in [3.63, 3.8) is 0 Å². The van der Waals surface area contributed by atoms with E-state index in [1.807, 2.05) is 24.3 Å². The Morgan fingerprint density at radius 3 is 2.57 bits per heavy atom. The first kappa shape index (κ1) is 21.7. The van der Waals surface area contributed by atoms with Crippen molar-refractivity contribution >= 4 is 24.2 Å². The van der Waals surface area contributed by atoms with E-state index in [0.29, 0.717) is 31.1 Å². The maximum Gasteiger partial charge on any atom is 0.257 e. The van der Waals surface area contributed by atoms with Crippen LogP contribution in [0.1, 0.15) is 22.3 Å². The van der Waals surface area contributed by atoms with Crippen LogP contribution in [0.5, 0.6) is 11.5 Å². The number of carbonyl (C=O) groups excluding carboxylic acids is 2. The third-order valence-electron chi connectivity index (χ3n) is 4.36. The van der Waals surface area contributed by atoms with Crippen molar-refractivity contribution in [1.82, 2.24) is 10.2 Å². The van der Waals surface area contributed by atoms with E-state index in [4.69, 9.17) is 10.5 Å². The molecule has 0 spiro atoms. The summed E-state index contributed by atoms with van der Waals surface area (Å²) in [5.74, 6) is -0.219. The van der Waals surface area contributed by atoms with Gasteiger partial charge in [-0.15, -0.1) is 12.4 Å². The Hall–Kier alpha value is -2.64. The number of ether oxygens (including phenoxy) is 1. The second-order valence-corrected chi connectivity index (χ2v) is 6.32. The van der Waals surface area contributed by atoms with Gasteiger partial charge in [-0.3, -0.25) is 9.59 Å². The highest BCUT2D eigenvalue weighted by Gasteiger charge is 2.22. The standard InChI is InChI=1S/C20H22FN3O3.ClH/c21-18-6-5-16(27-15-3-1-14(2-4-15)7-9-22)13-17(18)20(26)24-11-8-19(25)23-10-12-24;/h1-6,13H,7-12,22H2,(H,23,25);1H. The van der Waals surface area contributed by atoms with Crippen molar-refractivity contribution in [2.24, 2.45) is 5.73 Å². The zero-order chi connectivity index (χ0) is 19.2. The van der Waals surface area contributed by atoms with Gasteiger partial charge in [0.15, 0.2) is 0 Å². The summed E-state index contributed by atoms with van der Waals surface area (Å²) < 4.78 is 20.0. The maximum atomic E-state index is 14.2. The van der Waals surface area contributed by atoms with E-state index in [9.17, 15) is 14.0 Å². The number of hydrogen-bond acceptors (Lipinski definition) is 4. The van der Waals surface area contributed by atoms with E-state index in [0.717, 1.165) is 12.0 Å². The third-order valence-corrected chi connectivity index (χ3v) is 4.36. The van der Waals surface area contributed by atoms with E-state index < -0.39 is 11.7 Å². The molecule has 0 radical (unpaired) electrons. The Bertz CT molecular complexity index is 830. The number of nitrogens with one attached hydrogen (secondary N) is 1. The Morgan fingerprint density at radius 2 is 1.86 bits per heavy atom. The van der Waals surface area contributed by atoms with Crippen LogP contribution in [0.3, 0.4) is 0 Å². The number of nitrogens with zero attached hydrogens (tertiary/aromatic N) is 1. The lowest BCUT2D eigenvalue weighted by molar-refractivity contribution is -0.120. The van der Waals surface area contributed by atoms with Crippen LogP contribution in [-0.4, -0.2) is 42.9 Å². The number of benzene rings is 2. The highest BCUT2D eigenvalue weighted by atomic mass is 35.5. The van der Waals surface area contributed by atoms with Gasteiger partial charge >= 0.3 is 0 Å². The molecule has 1 saturated heterocycles. The zero-order valence-corrected chi connectivity index (χ0v) is 16.1. The molecule has 0 aromatic heterocycles. The molecule has 6 nitrogen and oxygen atoms in total. The molecule has 1 aliphatic heterocycles. The number of nitrogens with two attached hydrogens (primary N) is 1. The van der Waals surface area contributed by atoms with Crippen molar-refractivity contribution < 1.29 is 18.7 Å². The third kappa shape index (κ3) is 5.43. The Morgan fingerprint density at radius 1 is 1.14 bits per heavy atom. The van der Waals surface area contributed by atoms with Gasteiger partial charge in [-0.2, -0.15) is 0 Å². The van der Waals surface area contributed by atoms with Gasteiger partial charge in [0.05, 0.1) is 5.56 Å². The van der Waals surface area contributed by atoms with Crippen LogP contribution in [0.2, 0.25) is 0 Å². The molecule has 150 valence electrons. The summed E-state index contributed by atoms with van der Waals surface area (Å²) in [6.07, 6.45) is 0.987. The summed E-state index contributed by atoms with van der Waals surface area (Å²) in [4.78, 5) is 25.6. The lowest BCUT2D eigenvalue weighted by Crippen LogP contribution is -2.34. The van der Waals surface area contributed by atoms with E-state index in [-0.39, 0.29) is 36.8 Å². The van der Waals surface area contributed by atoms with Crippen molar-refractivity contribution in [1.29, 1.82) is 0 Å². The van der Waals surface area contributed by atoms with Gasteiger partial charge in [0.25, 0.3) is 5.91 Å². The van der Waals surface area contributed by atoms with Gasteiger partial charge in [-0.25, -0.2) is 4.39 Å². The van der Waals surface area contributed by atoms with Crippen molar-refractivity contribution in [3.8, 4) is 11.5 Å². The van der Waals surface area contributed by atoms with E-state index in [1.165, 1.54) is 23.1 Å². The average Bonchev–Trinajstić information content (AvgIpc) is 2.89. The van der Waals surface area contributed by atoms with Gasteiger partial charge in [0.1, 0.15) is 17.3 Å². The minimum atomic E-state index is -0.617. The number of carbonyl (C=O) groups is 2. The second-order valence-electron chi connectivity index (χ2n) is 6.32. The van der Waals surface area contributed by atoms with Gasteiger partial charge in [-0.05, 0) is 48.9 Å². The Balaban J connectivity index is 0.00000280. The molecule has 0 bridgehead atoms. The molecule has 1 fully saturated rings. The second kappa shape index (κ2) is 10.1. The SMILES string of the molecule is Cl.NCCc1ccc(Oc2ccc(F)c(C(=O)N3CCNC(=O)CC3)c2)cc1. The first-order valence-electron chi connectivity index (χ1n) is 8.89. The van der Waals surface area contributed by atoms with Gasteiger partial charge in [0.2, 0.25) is 5.91 Å². The predicted molar refractivity (Wildman–Crippen MR) is 106 cm³/mol. The predicted octanol–water partition coefficient (Wildman–Crippen LogP) is 2.50. The number of amides is 2. The number of halogens is 2. The molecule has 28 heavy (non-hydrogen) atoms. The van der Waals surface area contributed by atoms with Crippen LogP contribution in [0.25, 0.3) is 0 Å². The number of hydrogen-bond donors (Lipinski definition) is 2. The van der Waals surface area contributed by atoms with Crippen LogP contribution in [0, 0.1) is 5.82 Å². The fourth-order valence-electron chi connectivity index (χ4n) is 2.90. The molecule has 3 rings (SSSR count). The Labute approximate surface area is 169 Å². The zero-order valence-electron chi connectivity index (χ0n) is 15.3. The van der Waals surface area contributed by atoms with Crippen LogP contribution in [0.15, 0.2) is 42.5 Å². The lowest BCUT2D eigenvalue weighted by Gasteiger charge is -2.20. The maximum absolute atomic E-state index is 14.2. The van der Waals surface area contributed by atoms with Crippen LogP contribution < -0.4 is 15.8 Å². The van der Waals surface area contributed by atoms with Crippen LogP contribution in [-0.2, 0) is 11.2 Å². The highest BCUT2D eigenvalue weighted by Crippen LogP contribution is 2.25. The first-order valence-corrected chi connectivity index (χ1v) is 8.89. The smallest absolute Gasteiger partial charge is 0.257 e. The molecule has 0 atom stereocenters. The summed E-state index contributed by atoms with van der Waals surface area (Å²) >= 11 is 0. The molecule has 0 aliphatic carbocycles. The summed E-state index contributed by atoms with van der Waals surface area (Å²) in [5.41, 5.74) is 6.57. The van der Waals surface area contributed by atoms with Crippen LogP contribution >= 0.6 is 12.4 Å². The van der Waals surface area contributed by atoms with Gasteiger partial charge < -0.3 is 20.7 Å². The minimum absolute atomic E-state index is 0. The van der Waals surface area contributed by atoms with Gasteiger partial charge in [0, 0.05) is 26.1 Å². The van der Waals surface area contributed by atoms with E-state index in [2.05, 4.69) is 5.32 Å². The normalized spacial score (nSPS) is 13.9. The fraction of sp³-hybridized carbons (Fsp3) is 0.300. The molecule has 2 aromatic rings. The lowest BCUT2D eigenvalue weighted by atomic mass is 10.1. The number of rotatable bonds is 5. The summed E-state index contributed by atoms with van der Waals surface area (Å²) in [5, 5.41) is 2.69. The van der Waals surface area contributed by atoms with Crippen molar-refractivity contribution in [3.05, 3.63) is 59.4 Å².